The van der Waals surface area contributed by atoms with Gasteiger partial charge >= 0.3 is 5.97 Å². The van der Waals surface area contributed by atoms with Crippen LogP contribution in [0.4, 0.5) is 5.82 Å². The number of carbonyl (C=O) groups is 1. The predicted molar refractivity (Wildman–Crippen MR) is 60.8 cm³/mol. The van der Waals surface area contributed by atoms with Crippen molar-refractivity contribution in [1.29, 1.82) is 0 Å². The lowest BCUT2D eigenvalue weighted by Gasteiger charge is -2.37. The maximum atomic E-state index is 10.7. The average Bonchev–Trinajstić information content (AvgIpc) is 2.63. The Morgan fingerprint density at radius 2 is 2.31 bits per heavy atom. The third-order valence-corrected chi connectivity index (χ3v) is 3.65. The highest BCUT2D eigenvalue weighted by Crippen LogP contribution is 2.31. The van der Waals surface area contributed by atoms with Crippen molar-refractivity contribution in [2.75, 3.05) is 18.0 Å². The van der Waals surface area contributed by atoms with Gasteiger partial charge in [-0.3, -0.25) is 4.79 Å². The molecule has 6 heteroatoms. The molecule has 82 valence electrons. The molecular weight excluding hydrogens is 226 g/mol. The minimum absolute atomic E-state index is 0.259. The van der Waals surface area contributed by atoms with Crippen molar-refractivity contribution >= 4 is 33.3 Å². The number of aromatic nitrogens is 2. The molecule has 0 aromatic carbocycles. The fourth-order valence-electron chi connectivity index (χ4n) is 1.81. The zero-order valence-electron chi connectivity index (χ0n) is 8.33. The maximum absolute atomic E-state index is 10.7. The Balaban J connectivity index is 1.91. The molecule has 1 saturated heterocycles. The van der Waals surface area contributed by atoms with E-state index in [1.807, 2.05) is 16.3 Å². The molecule has 0 saturated carbocycles. The molecule has 0 spiro atoms. The van der Waals surface area contributed by atoms with E-state index in [4.69, 9.17) is 5.11 Å². The van der Waals surface area contributed by atoms with E-state index in [0.717, 1.165) is 16.0 Å². The van der Waals surface area contributed by atoms with Crippen molar-refractivity contribution in [3.63, 3.8) is 0 Å². The second-order valence-corrected chi connectivity index (χ2v) is 4.69. The molecule has 1 aliphatic heterocycles. The van der Waals surface area contributed by atoms with Crippen LogP contribution in [-0.2, 0) is 4.79 Å². The molecule has 2 aromatic heterocycles. The lowest BCUT2D eigenvalue weighted by atomic mass is 10.0. The number of anilines is 1. The molecule has 1 fully saturated rings. The Labute approximate surface area is 95.4 Å². The van der Waals surface area contributed by atoms with E-state index in [0.29, 0.717) is 13.1 Å². The molecule has 0 unspecified atom stereocenters. The first-order valence-electron chi connectivity index (χ1n) is 4.91. The Bertz CT molecular complexity index is 548. The van der Waals surface area contributed by atoms with Crippen molar-refractivity contribution < 1.29 is 9.90 Å². The highest BCUT2D eigenvalue weighted by atomic mass is 32.1. The van der Waals surface area contributed by atoms with E-state index in [1.165, 1.54) is 6.33 Å². The van der Waals surface area contributed by atoms with Crippen molar-refractivity contribution in [3.8, 4) is 0 Å². The number of aliphatic carboxylic acids is 1. The van der Waals surface area contributed by atoms with Crippen LogP contribution in [0.2, 0.25) is 0 Å². The number of hydrogen-bond acceptors (Lipinski definition) is 5. The normalized spacial score (nSPS) is 16.4. The quantitative estimate of drug-likeness (QED) is 0.847. The Morgan fingerprint density at radius 1 is 1.50 bits per heavy atom. The number of thiophene rings is 1. The number of carboxylic acids is 1. The second-order valence-electron chi connectivity index (χ2n) is 3.77. The third kappa shape index (κ3) is 1.34. The monoisotopic (exact) mass is 235 g/mol. The first-order chi connectivity index (χ1) is 7.75. The number of nitrogens with zero attached hydrogens (tertiary/aromatic N) is 3. The smallest absolute Gasteiger partial charge is 0.310 e. The van der Waals surface area contributed by atoms with Crippen LogP contribution in [0.1, 0.15) is 0 Å². The van der Waals surface area contributed by atoms with E-state index in [9.17, 15) is 4.79 Å². The van der Waals surface area contributed by atoms with Gasteiger partial charge in [-0.15, -0.1) is 11.3 Å². The number of rotatable bonds is 2. The van der Waals surface area contributed by atoms with Crippen molar-refractivity contribution in [2.24, 2.45) is 5.92 Å². The Kier molecular flexibility index (Phi) is 2.03. The van der Waals surface area contributed by atoms with Gasteiger partial charge in [0.05, 0.1) is 16.1 Å². The van der Waals surface area contributed by atoms with Crippen LogP contribution in [0.15, 0.2) is 17.8 Å². The molecule has 0 bridgehead atoms. The first-order valence-corrected chi connectivity index (χ1v) is 5.79. The van der Waals surface area contributed by atoms with Crippen LogP contribution in [0, 0.1) is 5.92 Å². The fourth-order valence-corrected chi connectivity index (χ4v) is 2.67. The van der Waals surface area contributed by atoms with Crippen LogP contribution < -0.4 is 4.90 Å². The molecule has 16 heavy (non-hydrogen) atoms. The molecule has 3 heterocycles. The number of fused-ring (bicyclic) bond motifs is 1. The molecule has 1 N–H and O–H groups in total. The average molecular weight is 235 g/mol. The van der Waals surface area contributed by atoms with Gasteiger partial charge in [0.15, 0.2) is 0 Å². The molecule has 0 aliphatic carbocycles. The summed E-state index contributed by atoms with van der Waals surface area (Å²) in [6.07, 6.45) is 1.53. The van der Waals surface area contributed by atoms with Gasteiger partial charge in [0.1, 0.15) is 12.1 Å². The van der Waals surface area contributed by atoms with E-state index in [2.05, 4.69) is 9.97 Å². The number of carboxylic acid groups (broad SMARTS) is 1. The standard InChI is InChI=1S/C10H9N3O2S/c14-10(15)6-3-13(4-6)9-8-7(1-2-16-8)11-5-12-9/h1-2,5-6H,3-4H2,(H,14,15). The molecule has 0 amide bonds. The summed E-state index contributed by atoms with van der Waals surface area (Å²) in [6.45, 7) is 1.08. The Hall–Kier alpha value is -1.69. The largest absolute Gasteiger partial charge is 0.481 e. The fraction of sp³-hybridized carbons (Fsp3) is 0.300. The summed E-state index contributed by atoms with van der Waals surface area (Å²) in [7, 11) is 0. The molecule has 2 aromatic rings. The lowest BCUT2D eigenvalue weighted by Crippen LogP contribution is -2.50. The summed E-state index contributed by atoms with van der Waals surface area (Å²) in [5, 5.41) is 10.8. The van der Waals surface area contributed by atoms with Gasteiger partial charge in [0.25, 0.3) is 0 Å². The minimum Gasteiger partial charge on any atom is -0.481 e. The summed E-state index contributed by atoms with van der Waals surface area (Å²) in [6, 6.07) is 1.94. The minimum atomic E-state index is -0.729. The summed E-state index contributed by atoms with van der Waals surface area (Å²) in [5.74, 6) is -0.129. The zero-order valence-corrected chi connectivity index (χ0v) is 9.15. The number of hydrogen-bond donors (Lipinski definition) is 1. The molecule has 0 radical (unpaired) electrons. The van der Waals surface area contributed by atoms with E-state index >= 15 is 0 Å². The van der Waals surface area contributed by atoms with Crippen LogP contribution in [-0.4, -0.2) is 34.1 Å². The van der Waals surface area contributed by atoms with Gasteiger partial charge in [0, 0.05) is 13.1 Å². The summed E-state index contributed by atoms with van der Waals surface area (Å²) < 4.78 is 1.03. The van der Waals surface area contributed by atoms with Gasteiger partial charge < -0.3 is 10.0 Å². The first kappa shape index (κ1) is 9.53. The highest BCUT2D eigenvalue weighted by Gasteiger charge is 2.34. The summed E-state index contributed by atoms with van der Waals surface area (Å²) >= 11 is 1.59. The zero-order chi connectivity index (χ0) is 11.1. The molecule has 3 rings (SSSR count). The Morgan fingerprint density at radius 3 is 3.06 bits per heavy atom. The molecule has 1 aliphatic rings. The summed E-state index contributed by atoms with van der Waals surface area (Å²) in [5.41, 5.74) is 0.925. The van der Waals surface area contributed by atoms with E-state index in [1.54, 1.807) is 11.3 Å². The van der Waals surface area contributed by atoms with Crippen LogP contribution in [0.25, 0.3) is 10.2 Å². The van der Waals surface area contributed by atoms with Crippen molar-refractivity contribution in [1.82, 2.24) is 9.97 Å². The van der Waals surface area contributed by atoms with Crippen molar-refractivity contribution in [3.05, 3.63) is 17.8 Å². The van der Waals surface area contributed by atoms with Crippen molar-refractivity contribution in [2.45, 2.75) is 0 Å². The van der Waals surface area contributed by atoms with Crippen LogP contribution >= 0.6 is 11.3 Å². The van der Waals surface area contributed by atoms with Gasteiger partial charge in [-0.25, -0.2) is 9.97 Å². The van der Waals surface area contributed by atoms with Crippen LogP contribution in [0.5, 0.6) is 0 Å². The second kappa shape index (κ2) is 3.41. The van der Waals surface area contributed by atoms with Gasteiger partial charge in [-0.1, -0.05) is 0 Å². The van der Waals surface area contributed by atoms with Gasteiger partial charge in [-0.2, -0.15) is 0 Å². The maximum Gasteiger partial charge on any atom is 0.310 e. The third-order valence-electron chi connectivity index (χ3n) is 2.75. The summed E-state index contributed by atoms with van der Waals surface area (Å²) in [4.78, 5) is 21.1. The SMILES string of the molecule is O=C(O)C1CN(c2ncnc3ccsc23)C1. The highest BCUT2D eigenvalue weighted by molar-refractivity contribution is 7.17. The molecule has 0 atom stereocenters. The lowest BCUT2D eigenvalue weighted by molar-refractivity contribution is -0.142. The molecule has 5 nitrogen and oxygen atoms in total. The van der Waals surface area contributed by atoms with E-state index < -0.39 is 5.97 Å². The van der Waals surface area contributed by atoms with E-state index in [-0.39, 0.29) is 5.92 Å². The van der Waals surface area contributed by atoms with Crippen LogP contribution in [0.3, 0.4) is 0 Å². The molecular formula is C10H9N3O2S. The predicted octanol–water partition coefficient (Wildman–Crippen LogP) is 1.21. The van der Waals surface area contributed by atoms with Gasteiger partial charge in [-0.05, 0) is 11.4 Å². The topological polar surface area (TPSA) is 66.3 Å². The van der Waals surface area contributed by atoms with Gasteiger partial charge in [0.2, 0.25) is 0 Å².